The molecule has 0 aliphatic carbocycles. The molecule has 21 heavy (non-hydrogen) atoms. The van der Waals surface area contributed by atoms with Gasteiger partial charge in [0, 0.05) is 24.1 Å². The van der Waals surface area contributed by atoms with E-state index >= 15 is 0 Å². The van der Waals surface area contributed by atoms with Crippen molar-refractivity contribution in [3.63, 3.8) is 0 Å². The van der Waals surface area contributed by atoms with Crippen molar-refractivity contribution in [1.82, 2.24) is 0 Å². The molecule has 0 saturated carbocycles. The van der Waals surface area contributed by atoms with Crippen LogP contribution in [-0.2, 0) is 0 Å². The minimum Gasteiger partial charge on any atom is -0.493 e. The van der Waals surface area contributed by atoms with Crippen LogP contribution in [0.1, 0.15) is 52.1 Å². The lowest BCUT2D eigenvalue weighted by atomic mass is 9.90. The van der Waals surface area contributed by atoms with Gasteiger partial charge in [-0.25, -0.2) is 0 Å². The fourth-order valence-electron chi connectivity index (χ4n) is 2.46. The Balaban J connectivity index is 2.06. The number of nitrogens with zero attached hydrogens (tertiary/aromatic N) is 1. The van der Waals surface area contributed by atoms with Gasteiger partial charge in [-0.1, -0.05) is 6.07 Å². The topological polar surface area (TPSA) is 68.3 Å². The quantitative estimate of drug-likeness (QED) is 0.919. The van der Waals surface area contributed by atoms with Crippen molar-refractivity contribution in [3.8, 4) is 17.6 Å². The van der Waals surface area contributed by atoms with Crippen LogP contribution in [0, 0.1) is 16.7 Å². The van der Waals surface area contributed by atoms with Gasteiger partial charge in [0.25, 0.3) is 0 Å². The van der Waals surface area contributed by atoms with Crippen LogP contribution in [0.4, 0.5) is 0 Å². The maximum Gasteiger partial charge on any atom is 0.128 e. The standard InChI is InChI=1S/C17H24N2O2/c1-16(2,11-18)7-8-20-12-5-6-13-14(19)10-17(3,4)21-15(13)9-12/h5-6,9,14H,7-8,10,19H2,1-4H3. The van der Waals surface area contributed by atoms with Crippen molar-refractivity contribution in [3.05, 3.63) is 23.8 Å². The summed E-state index contributed by atoms with van der Waals surface area (Å²) in [5.74, 6) is 1.56. The smallest absolute Gasteiger partial charge is 0.128 e. The highest BCUT2D eigenvalue weighted by Gasteiger charge is 2.32. The molecule has 4 heteroatoms. The molecule has 1 aliphatic rings. The summed E-state index contributed by atoms with van der Waals surface area (Å²) in [6.07, 6.45) is 1.49. The van der Waals surface area contributed by atoms with E-state index in [9.17, 15) is 0 Å². The van der Waals surface area contributed by atoms with Gasteiger partial charge in [0.05, 0.1) is 18.1 Å². The van der Waals surface area contributed by atoms with Crippen molar-refractivity contribution in [1.29, 1.82) is 5.26 Å². The van der Waals surface area contributed by atoms with E-state index in [-0.39, 0.29) is 17.1 Å². The summed E-state index contributed by atoms with van der Waals surface area (Å²) in [6.45, 7) is 8.41. The first-order valence-electron chi connectivity index (χ1n) is 7.35. The normalized spacial score (nSPS) is 20.1. The molecule has 0 spiro atoms. The molecule has 0 fully saturated rings. The van der Waals surface area contributed by atoms with Gasteiger partial charge in [-0.3, -0.25) is 0 Å². The van der Waals surface area contributed by atoms with Gasteiger partial charge in [-0.2, -0.15) is 5.26 Å². The molecular weight excluding hydrogens is 264 g/mol. The van der Waals surface area contributed by atoms with Gasteiger partial charge in [-0.15, -0.1) is 0 Å². The molecule has 2 rings (SSSR count). The Labute approximate surface area is 126 Å². The second kappa shape index (κ2) is 5.57. The van der Waals surface area contributed by atoms with E-state index in [4.69, 9.17) is 20.5 Å². The number of rotatable bonds is 4. The zero-order valence-electron chi connectivity index (χ0n) is 13.3. The second-order valence-corrected chi connectivity index (χ2v) is 6.97. The lowest BCUT2D eigenvalue weighted by Gasteiger charge is -2.36. The Hall–Kier alpha value is -1.73. The van der Waals surface area contributed by atoms with Gasteiger partial charge in [0.1, 0.15) is 17.1 Å². The van der Waals surface area contributed by atoms with Crippen molar-refractivity contribution >= 4 is 0 Å². The maximum absolute atomic E-state index is 9.00. The predicted molar refractivity (Wildman–Crippen MR) is 82.2 cm³/mol. The van der Waals surface area contributed by atoms with E-state index in [1.165, 1.54) is 0 Å². The third-order valence-electron chi connectivity index (χ3n) is 3.78. The first-order chi connectivity index (χ1) is 9.72. The van der Waals surface area contributed by atoms with Crippen LogP contribution in [0.2, 0.25) is 0 Å². The molecule has 2 N–H and O–H groups in total. The number of hydrogen-bond acceptors (Lipinski definition) is 4. The molecule has 4 nitrogen and oxygen atoms in total. The van der Waals surface area contributed by atoms with Gasteiger partial charge in [0.15, 0.2) is 0 Å². The molecule has 1 unspecified atom stereocenters. The monoisotopic (exact) mass is 288 g/mol. The van der Waals surface area contributed by atoms with E-state index in [0.717, 1.165) is 23.5 Å². The van der Waals surface area contributed by atoms with Crippen LogP contribution < -0.4 is 15.2 Å². The van der Waals surface area contributed by atoms with Crippen LogP contribution in [0.5, 0.6) is 11.5 Å². The molecule has 1 aliphatic heterocycles. The third-order valence-corrected chi connectivity index (χ3v) is 3.78. The highest BCUT2D eigenvalue weighted by Crippen LogP contribution is 2.40. The maximum atomic E-state index is 9.00. The molecule has 114 valence electrons. The van der Waals surface area contributed by atoms with Crippen LogP contribution in [0.15, 0.2) is 18.2 Å². The summed E-state index contributed by atoms with van der Waals surface area (Å²) in [6, 6.07) is 8.06. The summed E-state index contributed by atoms with van der Waals surface area (Å²) in [7, 11) is 0. The first-order valence-corrected chi connectivity index (χ1v) is 7.35. The Morgan fingerprint density at radius 1 is 1.48 bits per heavy atom. The Morgan fingerprint density at radius 2 is 2.19 bits per heavy atom. The predicted octanol–water partition coefficient (Wildman–Crippen LogP) is 3.57. The summed E-state index contributed by atoms with van der Waals surface area (Å²) >= 11 is 0. The number of benzene rings is 1. The second-order valence-electron chi connectivity index (χ2n) is 6.97. The number of fused-ring (bicyclic) bond motifs is 1. The Bertz CT molecular complexity index is 558. The third kappa shape index (κ3) is 3.89. The highest BCUT2D eigenvalue weighted by atomic mass is 16.5. The molecule has 0 amide bonds. The fraction of sp³-hybridized carbons (Fsp3) is 0.588. The van der Waals surface area contributed by atoms with E-state index in [1.807, 2.05) is 45.9 Å². The average Bonchev–Trinajstić information content (AvgIpc) is 2.36. The van der Waals surface area contributed by atoms with Crippen LogP contribution >= 0.6 is 0 Å². The fourth-order valence-corrected chi connectivity index (χ4v) is 2.46. The molecule has 1 aromatic rings. The summed E-state index contributed by atoms with van der Waals surface area (Å²) in [5.41, 5.74) is 6.60. The molecule has 1 heterocycles. The number of ether oxygens (including phenoxy) is 2. The SMILES string of the molecule is CC(C)(C#N)CCOc1ccc2c(c1)OC(C)(C)CC2N. The van der Waals surface area contributed by atoms with Crippen LogP contribution in [0.3, 0.4) is 0 Å². The number of nitriles is 1. The largest absolute Gasteiger partial charge is 0.493 e. The van der Waals surface area contributed by atoms with E-state index in [0.29, 0.717) is 13.0 Å². The zero-order valence-corrected chi connectivity index (χ0v) is 13.3. The van der Waals surface area contributed by atoms with Crippen molar-refractivity contribution < 1.29 is 9.47 Å². The molecule has 0 aromatic heterocycles. The number of hydrogen-bond donors (Lipinski definition) is 1. The molecule has 0 saturated heterocycles. The summed E-state index contributed by atoms with van der Waals surface area (Å²) < 4.78 is 11.7. The van der Waals surface area contributed by atoms with E-state index in [1.54, 1.807) is 0 Å². The lowest BCUT2D eigenvalue weighted by molar-refractivity contribution is 0.0724. The summed E-state index contributed by atoms with van der Waals surface area (Å²) in [5, 5.41) is 9.00. The van der Waals surface area contributed by atoms with Gasteiger partial charge in [-0.05, 0) is 40.2 Å². The summed E-state index contributed by atoms with van der Waals surface area (Å²) in [4.78, 5) is 0. The minimum absolute atomic E-state index is 0.00433. The molecule has 1 atom stereocenters. The minimum atomic E-state index is -0.366. The van der Waals surface area contributed by atoms with Crippen molar-refractivity contribution in [2.24, 2.45) is 11.1 Å². The Morgan fingerprint density at radius 3 is 2.86 bits per heavy atom. The first kappa shape index (κ1) is 15.7. The van der Waals surface area contributed by atoms with Crippen molar-refractivity contribution in [2.75, 3.05) is 6.61 Å². The number of nitrogens with two attached hydrogens (primary N) is 1. The average molecular weight is 288 g/mol. The molecule has 1 aromatic carbocycles. The van der Waals surface area contributed by atoms with E-state index < -0.39 is 0 Å². The molecule has 0 bridgehead atoms. The zero-order chi connectivity index (χ0) is 15.7. The van der Waals surface area contributed by atoms with Crippen LogP contribution in [0.25, 0.3) is 0 Å². The van der Waals surface area contributed by atoms with Gasteiger partial charge < -0.3 is 15.2 Å². The molecular formula is C17H24N2O2. The van der Waals surface area contributed by atoms with Gasteiger partial charge >= 0.3 is 0 Å². The lowest BCUT2D eigenvalue weighted by Crippen LogP contribution is -2.37. The van der Waals surface area contributed by atoms with Crippen molar-refractivity contribution in [2.45, 2.75) is 52.2 Å². The molecule has 0 radical (unpaired) electrons. The highest BCUT2D eigenvalue weighted by molar-refractivity contribution is 5.44. The van der Waals surface area contributed by atoms with Gasteiger partial charge in [0.2, 0.25) is 0 Å². The van der Waals surface area contributed by atoms with Crippen LogP contribution in [-0.4, -0.2) is 12.2 Å². The van der Waals surface area contributed by atoms with E-state index in [2.05, 4.69) is 6.07 Å². The Kier molecular flexibility index (Phi) is 4.15.